The van der Waals surface area contributed by atoms with Crippen LogP contribution in [0.3, 0.4) is 0 Å². The lowest BCUT2D eigenvalue weighted by atomic mass is 10.1. The van der Waals surface area contributed by atoms with Gasteiger partial charge in [-0.2, -0.15) is 5.26 Å². The van der Waals surface area contributed by atoms with Crippen LogP contribution in [0.4, 0.5) is 0 Å². The van der Waals surface area contributed by atoms with Crippen molar-refractivity contribution in [2.75, 3.05) is 13.2 Å². The Labute approximate surface area is 90.6 Å². The molecule has 0 aliphatic carbocycles. The summed E-state index contributed by atoms with van der Waals surface area (Å²) >= 11 is 0. The number of rotatable bonds is 6. The van der Waals surface area contributed by atoms with E-state index in [9.17, 15) is 4.79 Å². The van der Waals surface area contributed by atoms with Crippen molar-refractivity contribution in [3.63, 3.8) is 0 Å². The van der Waals surface area contributed by atoms with E-state index in [1.165, 1.54) is 0 Å². The molecule has 0 aromatic rings. The van der Waals surface area contributed by atoms with Gasteiger partial charge in [0.05, 0.1) is 12.2 Å². The van der Waals surface area contributed by atoms with E-state index in [0.717, 1.165) is 32.3 Å². The summed E-state index contributed by atoms with van der Waals surface area (Å²) in [7, 11) is 0. The zero-order valence-corrected chi connectivity index (χ0v) is 9.00. The fourth-order valence-electron chi connectivity index (χ4n) is 1.65. The summed E-state index contributed by atoms with van der Waals surface area (Å²) in [5.41, 5.74) is 0. The summed E-state index contributed by atoms with van der Waals surface area (Å²) in [4.78, 5) is 11.3. The summed E-state index contributed by atoms with van der Waals surface area (Å²) in [6.45, 7) is 1.45. The minimum atomic E-state index is 0.0726. The van der Waals surface area contributed by atoms with Crippen molar-refractivity contribution in [3.8, 4) is 6.07 Å². The Hall–Kier alpha value is -1.08. The van der Waals surface area contributed by atoms with Crippen LogP contribution in [-0.4, -0.2) is 25.2 Å². The first-order valence-corrected chi connectivity index (χ1v) is 5.58. The number of carbonyl (C=O) groups is 1. The maximum atomic E-state index is 11.3. The van der Waals surface area contributed by atoms with Gasteiger partial charge in [-0.05, 0) is 25.7 Å². The van der Waals surface area contributed by atoms with E-state index in [0.29, 0.717) is 19.4 Å². The maximum Gasteiger partial charge on any atom is 0.220 e. The van der Waals surface area contributed by atoms with Crippen LogP contribution in [0.15, 0.2) is 0 Å². The zero-order valence-electron chi connectivity index (χ0n) is 9.00. The molecule has 1 N–H and O–H groups in total. The predicted molar refractivity (Wildman–Crippen MR) is 56.1 cm³/mol. The first-order valence-electron chi connectivity index (χ1n) is 5.58. The molecule has 84 valence electrons. The Morgan fingerprint density at radius 3 is 3.13 bits per heavy atom. The minimum absolute atomic E-state index is 0.0726. The molecule has 1 atom stereocenters. The van der Waals surface area contributed by atoms with Gasteiger partial charge in [0, 0.05) is 26.0 Å². The van der Waals surface area contributed by atoms with Crippen molar-refractivity contribution in [1.29, 1.82) is 5.26 Å². The van der Waals surface area contributed by atoms with Crippen molar-refractivity contribution >= 4 is 5.91 Å². The lowest BCUT2D eigenvalue weighted by Gasteiger charge is -2.08. The molecule has 0 aromatic heterocycles. The van der Waals surface area contributed by atoms with E-state index in [-0.39, 0.29) is 12.0 Å². The van der Waals surface area contributed by atoms with E-state index in [4.69, 9.17) is 10.00 Å². The molecular weight excluding hydrogens is 192 g/mol. The average Bonchev–Trinajstić information content (AvgIpc) is 2.74. The predicted octanol–water partition coefficient (Wildman–Crippen LogP) is 1.37. The molecule has 1 heterocycles. The lowest BCUT2D eigenvalue weighted by molar-refractivity contribution is -0.121. The number of ether oxygens (including phenoxy) is 1. The highest BCUT2D eigenvalue weighted by molar-refractivity contribution is 5.75. The lowest BCUT2D eigenvalue weighted by Crippen LogP contribution is -2.25. The highest BCUT2D eigenvalue weighted by Crippen LogP contribution is 2.16. The Bertz CT molecular complexity index is 229. The van der Waals surface area contributed by atoms with Crippen LogP contribution in [0.2, 0.25) is 0 Å². The molecule has 1 unspecified atom stereocenters. The number of unbranched alkanes of at least 4 members (excludes halogenated alkanes) is 1. The van der Waals surface area contributed by atoms with Crippen LogP contribution in [0.5, 0.6) is 0 Å². The van der Waals surface area contributed by atoms with Crippen molar-refractivity contribution in [3.05, 3.63) is 0 Å². The fraction of sp³-hybridized carbons (Fsp3) is 0.818. The molecular formula is C11H18N2O2. The van der Waals surface area contributed by atoms with Crippen LogP contribution in [0, 0.1) is 11.3 Å². The SMILES string of the molecule is N#CCCCNC(=O)CCC1CCCO1. The van der Waals surface area contributed by atoms with E-state index in [1.54, 1.807) is 0 Å². The molecule has 0 radical (unpaired) electrons. The second-order valence-corrected chi connectivity index (χ2v) is 3.79. The van der Waals surface area contributed by atoms with Crippen molar-refractivity contribution in [2.45, 2.75) is 44.6 Å². The van der Waals surface area contributed by atoms with Crippen LogP contribution in [-0.2, 0) is 9.53 Å². The first kappa shape index (κ1) is 12.0. The molecule has 4 heteroatoms. The third-order valence-electron chi connectivity index (χ3n) is 2.50. The molecule has 0 spiro atoms. The Morgan fingerprint density at radius 2 is 2.47 bits per heavy atom. The van der Waals surface area contributed by atoms with Gasteiger partial charge >= 0.3 is 0 Å². The molecule has 1 aliphatic heterocycles. The van der Waals surface area contributed by atoms with Gasteiger partial charge in [-0.1, -0.05) is 0 Å². The van der Waals surface area contributed by atoms with E-state index >= 15 is 0 Å². The number of amides is 1. The van der Waals surface area contributed by atoms with Crippen molar-refractivity contribution in [2.24, 2.45) is 0 Å². The third-order valence-corrected chi connectivity index (χ3v) is 2.50. The van der Waals surface area contributed by atoms with Crippen LogP contribution < -0.4 is 5.32 Å². The van der Waals surface area contributed by atoms with Crippen molar-refractivity contribution < 1.29 is 9.53 Å². The smallest absolute Gasteiger partial charge is 0.220 e. The quantitative estimate of drug-likeness (QED) is 0.673. The number of nitrogens with zero attached hydrogens (tertiary/aromatic N) is 1. The van der Waals surface area contributed by atoms with E-state index in [1.807, 2.05) is 6.07 Å². The number of carbonyl (C=O) groups excluding carboxylic acids is 1. The van der Waals surface area contributed by atoms with Gasteiger partial charge in [0.15, 0.2) is 0 Å². The largest absolute Gasteiger partial charge is 0.378 e. The van der Waals surface area contributed by atoms with Gasteiger partial charge in [-0.3, -0.25) is 4.79 Å². The fourth-order valence-corrected chi connectivity index (χ4v) is 1.65. The summed E-state index contributed by atoms with van der Waals surface area (Å²) in [6.07, 6.45) is 5.10. The number of nitrogens with one attached hydrogen (secondary N) is 1. The summed E-state index contributed by atoms with van der Waals surface area (Å²) < 4.78 is 5.42. The normalized spacial score (nSPS) is 19.8. The second kappa shape index (κ2) is 7.24. The molecule has 0 saturated carbocycles. The molecule has 1 saturated heterocycles. The average molecular weight is 210 g/mol. The first-order chi connectivity index (χ1) is 7.33. The molecule has 15 heavy (non-hydrogen) atoms. The van der Waals surface area contributed by atoms with Crippen molar-refractivity contribution in [1.82, 2.24) is 5.32 Å². The molecule has 0 bridgehead atoms. The Balaban J connectivity index is 1.96. The third kappa shape index (κ3) is 5.38. The molecule has 4 nitrogen and oxygen atoms in total. The second-order valence-electron chi connectivity index (χ2n) is 3.79. The topological polar surface area (TPSA) is 62.1 Å². The standard InChI is InChI=1S/C11H18N2O2/c12-7-1-2-8-13-11(14)6-5-10-4-3-9-15-10/h10H,1-6,8-9H2,(H,13,14). The van der Waals surface area contributed by atoms with E-state index in [2.05, 4.69) is 5.32 Å². The Kier molecular flexibility index (Phi) is 5.79. The summed E-state index contributed by atoms with van der Waals surface area (Å²) in [5, 5.41) is 11.1. The number of nitriles is 1. The van der Waals surface area contributed by atoms with E-state index < -0.39 is 0 Å². The molecule has 0 aromatic carbocycles. The van der Waals surface area contributed by atoms with Gasteiger partial charge in [0.25, 0.3) is 0 Å². The van der Waals surface area contributed by atoms with Gasteiger partial charge < -0.3 is 10.1 Å². The highest BCUT2D eigenvalue weighted by Gasteiger charge is 2.16. The minimum Gasteiger partial charge on any atom is -0.378 e. The molecule has 1 aliphatic rings. The zero-order chi connectivity index (χ0) is 10.9. The monoisotopic (exact) mass is 210 g/mol. The van der Waals surface area contributed by atoms with Crippen LogP contribution in [0.25, 0.3) is 0 Å². The molecule has 1 rings (SSSR count). The van der Waals surface area contributed by atoms with Gasteiger partial charge in [-0.25, -0.2) is 0 Å². The Morgan fingerprint density at radius 1 is 1.60 bits per heavy atom. The number of hydrogen-bond donors (Lipinski definition) is 1. The molecule has 1 amide bonds. The maximum absolute atomic E-state index is 11.3. The van der Waals surface area contributed by atoms with Gasteiger partial charge in [0.2, 0.25) is 5.91 Å². The summed E-state index contributed by atoms with van der Waals surface area (Å²) in [6, 6.07) is 2.05. The van der Waals surface area contributed by atoms with Gasteiger partial charge in [-0.15, -0.1) is 0 Å². The van der Waals surface area contributed by atoms with Crippen LogP contribution >= 0.6 is 0 Å². The molecule has 1 fully saturated rings. The summed E-state index contributed by atoms with van der Waals surface area (Å²) in [5.74, 6) is 0.0726. The highest BCUT2D eigenvalue weighted by atomic mass is 16.5. The van der Waals surface area contributed by atoms with Crippen LogP contribution in [0.1, 0.15) is 38.5 Å². The number of hydrogen-bond acceptors (Lipinski definition) is 3. The van der Waals surface area contributed by atoms with Gasteiger partial charge in [0.1, 0.15) is 0 Å².